The zero-order chi connectivity index (χ0) is 34.5. The third-order valence-electron chi connectivity index (χ3n) is 7.76. The Hall–Kier alpha value is -5.09. The monoisotopic (exact) mass is 654 g/mol. The lowest BCUT2D eigenvalue weighted by molar-refractivity contribution is 0.101. The van der Waals surface area contributed by atoms with Crippen LogP contribution in [0, 0.1) is 17.5 Å². The van der Waals surface area contributed by atoms with Crippen LogP contribution in [0.3, 0.4) is 0 Å². The number of aliphatic imine (C=N–C) groups is 1. The van der Waals surface area contributed by atoms with Crippen LogP contribution in [-0.2, 0) is 19.3 Å². The highest BCUT2D eigenvalue weighted by Gasteiger charge is 2.21. The van der Waals surface area contributed by atoms with Crippen molar-refractivity contribution in [1.82, 2.24) is 15.3 Å². The van der Waals surface area contributed by atoms with Crippen molar-refractivity contribution in [2.75, 3.05) is 24.7 Å². The van der Waals surface area contributed by atoms with Crippen LogP contribution in [0.1, 0.15) is 59.4 Å². The lowest BCUT2D eigenvalue weighted by Gasteiger charge is -2.12. The molecule has 3 aromatic carbocycles. The summed E-state index contributed by atoms with van der Waals surface area (Å²) in [5.74, 6) is -3.51. The second-order valence-corrected chi connectivity index (χ2v) is 10.9. The number of halogens is 3. The Morgan fingerprint density at radius 1 is 0.896 bits per heavy atom. The van der Waals surface area contributed by atoms with Crippen molar-refractivity contribution in [3.8, 4) is 0 Å². The summed E-state index contributed by atoms with van der Waals surface area (Å²) in [5, 5.41) is 8.85. The number of allylic oxidation sites excluding steroid dienone is 4. The van der Waals surface area contributed by atoms with Gasteiger partial charge in [0.05, 0.1) is 11.4 Å². The Bertz CT molecular complexity index is 1770. The fraction of sp³-hybridized carbons (Fsp3) is 0.263. The maximum Gasteiger partial charge on any atom is 0.261 e. The summed E-state index contributed by atoms with van der Waals surface area (Å²) in [6, 6.07) is 15.5. The van der Waals surface area contributed by atoms with Gasteiger partial charge in [0.2, 0.25) is 5.95 Å². The molecule has 0 saturated heterocycles. The lowest BCUT2D eigenvalue weighted by Crippen LogP contribution is -2.24. The standard InChI is InChI=1S/C30H27F3N6O.C6H8.C2H6/c1-34-22-12-17-6-8-20(13-19(17)14-22)37-30-36-11-10-21(38-30)16-26(35-2)18-7-9-23(31)27(15-18)39-29(40)28-24(32)4-3-5-25(28)33;1-2-4-6-5-3-1;1-2/h3-11,13,15,22,34H,12,14,16H2,1-2H3,(H,39,40)(H,36,37,38);1-4H,5-6H2;1-2H3. The Labute approximate surface area is 280 Å². The largest absolute Gasteiger partial charge is 0.324 e. The van der Waals surface area contributed by atoms with Gasteiger partial charge in [-0.15, -0.1) is 0 Å². The summed E-state index contributed by atoms with van der Waals surface area (Å²) in [5.41, 5.74) is 4.23. The van der Waals surface area contributed by atoms with E-state index in [2.05, 4.69) is 67.3 Å². The number of nitrogens with one attached hydrogen (secondary N) is 3. The molecule has 0 bridgehead atoms. The highest BCUT2D eigenvalue weighted by molar-refractivity contribution is 6.06. The third kappa shape index (κ3) is 9.48. The number of fused-ring (bicyclic) bond motifs is 1. The van der Waals surface area contributed by atoms with Crippen LogP contribution in [0.4, 0.5) is 30.5 Å². The van der Waals surface area contributed by atoms with E-state index in [1.165, 1.54) is 36.1 Å². The average Bonchev–Trinajstić information content (AvgIpc) is 3.53. The van der Waals surface area contributed by atoms with E-state index in [9.17, 15) is 18.0 Å². The van der Waals surface area contributed by atoms with Crippen molar-refractivity contribution < 1.29 is 18.0 Å². The van der Waals surface area contributed by atoms with Crippen LogP contribution in [0.25, 0.3) is 0 Å². The van der Waals surface area contributed by atoms with Crippen LogP contribution in [0.5, 0.6) is 0 Å². The summed E-state index contributed by atoms with van der Waals surface area (Å²) in [6.45, 7) is 4.00. The molecule has 6 rings (SSSR count). The molecule has 4 aromatic rings. The van der Waals surface area contributed by atoms with Gasteiger partial charge in [-0.3, -0.25) is 9.79 Å². The van der Waals surface area contributed by atoms with Crippen LogP contribution in [0.2, 0.25) is 0 Å². The highest BCUT2D eigenvalue weighted by Crippen LogP contribution is 2.27. The fourth-order valence-corrected chi connectivity index (χ4v) is 5.31. The molecule has 1 aromatic heterocycles. The maximum atomic E-state index is 14.6. The normalized spacial score (nSPS) is 14.6. The third-order valence-corrected chi connectivity index (χ3v) is 7.76. The zero-order valence-electron chi connectivity index (χ0n) is 27.7. The molecular weight excluding hydrogens is 613 g/mol. The highest BCUT2D eigenvalue weighted by atomic mass is 19.1. The average molecular weight is 655 g/mol. The first kappa shape index (κ1) is 35.8. The van der Waals surface area contributed by atoms with Gasteiger partial charge in [-0.05, 0) is 91.9 Å². The van der Waals surface area contributed by atoms with E-state index in [4.69, 9.17) is 0 Å². The van der Waals surface area contributed by atoms with Gasteiger partial charge in [0.15, 0.2) is 0 Å². The van der Waals surface area contributed by atoms with Crippen LogP contribution in [-0.4, -0.2) is 41.7 Å². The molecule has 3 N–H and O–H groups in total. The topological polar surface area (TPSA) is 91.3 Å². The lowest BCUT2D eigenvalue weighted by atomic mass is 10.0. The summed E-state index contributed by atoms with van der Waals surface area (Å²) < 4.78 is 42.6. The Balaban J connectivity index is 0.000000578. The second kappa shape index (κ2) is 17.7. The van der Waals surface area contributed by atoms with Gasteiger partial charge in [-0.25, -0.2) is 23.1 Å². The molecule has 7 nitrogen and oxygen atoms in total. The van der Waals surface area contributed by atoms with Crippen molar-refractivity contribution in [2.24, 2.45) is 4.99 Å². The van der Waals surface area contributed by atoms with Crippen molar-refractivity contribution in [2.45, 2.75) is 52.0 Å². The summed E-state index contributed by atoms with van der Waals surface area (Å²) in [7, 11) is 3.56. The number of amides is 1. The molecule has 1 amide bonds. The first-order chi connectivity index (χ1) is 23.3. The van der Waals surface area contributed by atoms with Crippen LogP contribution >= 0.6 is 0 Å². The molecule has 0 aliphatic heterocycles. The van der Waals surface area contributed by atoms with Crippen molar-refractivity contribution in [3.63, 3.8) is 0 Å². The molecule has 0 radical (unpaired) electrons. The van der Waals surface area contributed by atoms with E-state index in [0.29, 0.717) is 35.4 Å². The number of carbonyl (C=O) groups is 1. The first-order valence-electron chi connectivity index (χ1n) is 16.0. The molecule has 48 heavy (non-hydrogen) atoms. The van der Waals surface area contributed by atoms with Crippen molar-refractivity contribution >= 4 is 28.9 Å². The SMILES string of the molecule is C1=CCCC=C1.CC.CN=C(Cc1ccnc(Nc2ccc3c(c2)CC(NC)C3)n1)c1ccc(F)c(NC(=O)c2c(F)cccc2F)c1. The quantitative estimate of drug-likeness (QED) is 0.167. The van der Waals surface area contributed by atoms with Gasteiger partial charge in [-0.1, -0.05) is 56.4 Å². The minimum absolute atomic E-state index is 0.228. The van der Waals surface area contributed by atoms with Gasteiger partial charge < -0.3 is 16.0 Å². The number of carbonyl (C=O) groups excluding carboxylic acids is 1. The molecule has 2 aliphatic rings. The van der Waals surface area contributed by atoms with Gasteiger partial charge >= 0.3 is 0 Å². The number of aromatic nitrogens is 2. The van der Waals surface area contributed by atoms with E-state index in [-0.39, 0.29) is 5.69 Å². The van der Waals surface area contributed by atoms with E-state index in [0.717, 1.165) is 42.8 Å². The van der Waals surface area contributed by atoms with E-state index < -0.39 is 28.9 Å². The van der Waals surface area contributed by atoms with E-state index in [1.54, 1.807) is 19.3 Å². The number of nitrogens with zero attached hydrogens (tertiary/aromatic N) is 3. The summed E-state index contributed by atoms with van der Waals surface area (Å²) >= 11 is 0. The Kier molecular flexibility index (Phi) is 13.2. The van der Waals surface area contributed by atoms with Gasteiger partial charge in [0, 0.05) is 37.1 Å². The molecule has 10 heteroatoms. The van der Waals surface area contributed by atoms with Crippen LogP contribution in [0.15, 0.2) is 96.2 Å². The number of hydrogen-bond acceptors (Lipinski definition) is 6. The molecule has 250 valence electrons. The predicted molar refractivity (Wildman–Crippen MR) is 188 cm³/mol. The van der Waals surface area contributed by atoms with Gasteiger partial charge in [0.1, 0.15) is 23.0 Å². The zero-order valence-corrected chi connectivity index (χ0v) is 27.7. The predicted octanol–water partition coefficient (Wildman–Crippen LogP) is 8.16. The van der Waals surface area contributed by atoms with E-state index >= 15 is 0 Å². The Morgan fingerprint density at radius 3 is 2.25 bits per heavy atom. The van der Waals surface area contributed by atoms with Crippen molar-refractivity contribution in [3.05, 3.63) is 137 Å². The first-order valence-corrected chi connectivity index (χ1v) is 16.0. The number of anilines is 3. The molecule has 0 fully saturated rings. The molecule has 2 aliphatic carbocycles. The molecule has 0 spiro atoms. The maximum absolute atomic E-state index is 14.6. The Morgan fingerprint density at radius 2 is 1.60 bits per heavy atom. The molecule has 1 atom stereocenters. The van der Waals surface area contributed by atoms with Gasteiger partial charge in [-0.2, -0.15) is 0 Å². The summed E-state index contributed by atoms with van der Waals surface area (Å²) in [6.07, 6.45) is 14.9. The second-order valence-electron chi connectivity index (χ2n) is 10.9. The fourth-order valence-electron chi connectivity index (χ4n) is 5.31. The van der Waals surface area contributed by atoms with Crippen molar-refractivity contribution in [1.29, 1.82) is 0 Å². The van der Waals surface area contributed by atoms with Gasteiger partial charge in [0.25, 0.3) is 5.91 Å². The number of benzene rings is 3. The smallest absolute Gasteiger partial charge is 0.261 e. The molecule has 1 heterocycles. The van der Waals surface area contributed by atoms with E-state index in [1.807, 2.05) is 27.0 Å². The molecular formula is C38H41F3N6O. The number of hydrogen-bond donors (Lipinski definition) is 3. The van der Waals surface area contributed by atoms with Crippen LogP contribution < -0.4 is 16.0 Å². The summed E-state index contributed by atoms with van der Waals surface area (Å²) in [4.78, 5) is 25.8. The number of rotatable bonds is 8. The molecule has 1 unspecified atom stereocenters. The molecule has 0 saturated carbocycles. The minimum Gasteiger partial charge on any atom is -0.324 e. The number of likely N-dealkylation sites (N-methyl/N-ethyl adjacent to an activating group) is 1. The minimum atomic E-state index is -1.10.